The van der Waals surface area contributed by atoms with Gasteiger partial charge in [0.15, 0.2) is 0 Å². The average molecular weight is 319 g/mol. The van der Waals surface area contributed by atoms with Crippen molar-refractivity contribution in [2.45, 2.75) is 13.3 Å². The molecule has 1 heterocycles. The number of benzene rings is 1. The Kier molecular flexibility index (Phi) is 4.32. The van der Waals surface area contributed by atoms with Gasteiger partial charge in [-0.3, -0.25) is 4.79 Å². The minimum Gasteiger partial charge on any atom is -0.310 e. The van der Waals surface area contributed by atoms with E-state index in [1.54, 1.807) is 24.2 Å². The molecule has 1 aromatic heterocycles. The largest absolute Gasteiger partial charge is 0.310 e. The van der Waals surface area contributed by atoms with Crippen LogP contribution < -0.4 is 4.90 Å². The fourth-order valence-corrected chi connectivity index (χ4v) is 1.98. The van der Waals surface area contributed by atoms with Crippen molar-refractivity contribution in [3.63, 3.8) is 0 Å². The van der Waals surface area contributed by atoms with Crippen LogP contribution in [0.25, 0.3) is 0 Å². The van der Waals surface area contributed by atoms with Crippen molar-refractivity contribution in [2.75, 3.05) is 11.9 Å². The van der Waals surface area contributed by atoms with E-state index in [2.05, 4.69) is 27.8 Å². The SMILES string of the molecule is CCc1ccc(N(C)C(=O)c2ccc(Br)cn2)cc1. The number of halogens is 1. The molecular formula is C15H15BrN2O. The van der Waals surface area contributed by atoms with Gasteiger partial charge in [0.1, 0.15) is 5.69 Å². The number of aromatic nitrogens is 1. The third kappa shape index (κ3) is 3.20. The Morgan fingerprint density at radius 3 is 2.42 bits per heavy atom. The maximum Gasteiger partial charge on any atom is 0.276 e. The molecule has 0 atom stereocenters. The highest BCUT2D eigenvalue weighted by molar-refractivity contribution is 9.10. The van der Waals surface area contributed by atoms with Gasteiger partial charge < -0.3 is 4.90 Å². The number of anilines is 1. The molecule has 0 saturated carbocycles. The van der Waals surface area contributed by atoms with Crippen LogP contribution >= 0.6 is 15.9 Å². The van der Waals surface area contributed by atoms with Crippen LogP contribution in [0.15, 0.2) is 47.1 Å². The first-order valence-corrected chi connectivity index (χ1v) is 6.89. The lowest BCUT2D eigenvalue weighted by molar-refractivity contribution is 0.0988. The van der Waals surface area contributed by atoms with Gasteiger partial charge in [-0.05, 0) is 52.2 Å². The molecule has 4 heteroatoms. The van der Waals surface area contributed by atoms with E-state index in [0.29, 0.717) is 5.69 Å². The van der Waals surface area contributed by atoms with Crippen molar-refractivity contribution >= 4 is 27.5 Å². The summed E-state index contributed by atoms with van der Waals surface area (Å²) in [7, 11) is 1.76. The van der Waals surface area contributed by atoms with Crippen LogP contribution in [0.5, 0.6) is 0 Å². The van der Waals surface area contributed by atoms with Crippen molar-refractivity contribution < 1.29 is 4.79 Å². The number of aryl methyl sites for hydroxylation is 1. The summed E-state index contributed by atoms with van der Waals surface area (Å²) in [5.74, 6) is -0.114. The van der Waals surface area contributed by atoms with Crippen molar-refractivity contribution in [2.24, 2.45) is 0 Å². The summed E-state index contributed by atoms with van der Waals surface area (Å²) in [5, 5.41) is 0. The molecule has 0 aliphatic carbocycles. The predicted molar refractivity (Wildman–Crippen MR) is 80.5 cm³/mol. The number of rotatable bonds is 3. The van der Waals surface area contributed by atoms with Gasteiger partial charge in [-0.15, -0.1) is 0 Å². The van der Waals surface area contributed by atoms with E-state index in [0.717, 1.165) is 16.6 Å². The van der Waals surface area contributed by atoms with Crippen LogP contribution in [0, 0.1) is 0 Å². The van der Waals surface area contributed by atoms with Crippen LogP contribution in [0.1, 0.15) is 23.0 Å². The molecule has 0 radical (unpaired) electrons. The third-order valence-electron chi connectivity index (χ3n) is 2.98. The quantitative estimate of drug-likeness (QED) is 0.864. The first-order chi connectivity index (χ1) is 9.11. The zero-order chi connectivity index (χ0) is 13.8. The van der Waals surface area contributed by atoms with Gasteiger partial charge in [0.25, 0.3) is 5.91 Å². The molecule has 2 aromatic rings. The number of pyridine rings is 1. The molecule has 98 valence electrons. The Labute approximate surface area is 121 Å². The molecule has 0 N–H and O–H groups in total. The van der Waals surface area contributed by atoms with Crippen LogP contribution in [0.3, 0.4) is 0 Å². The van der Waals surface area contributed by atoms with Gasteiger partial charge in [-0.1, -0.05) is 19.1 Å². The number of carbonyl (C=O) groups is 1. The monoisotopic (exact) mass is 318 g/mol. The van der Waals surface area contributed by atoms with Gasteiger partial charge in [-0.2, -0.15) is 0 Å². The van der Waals surface area contributed by atoms with E-state index in [1.165, 1.54) is 5.56 Å². The van der Waals surface area contributed by atoms with E-state index in [-0.39, 0.29) is 5.91 Å². The van der Waals surface area contributed by atoms with Gasteiger partial charge in [0, 0.05) is 23.4 Å². The van der Waals surface area contributed by atoms with Gasteiger partial charge in [0.2, 0.25) is 0 Å². The molecule has 3 nitrogen and oxygen atoms in total. The second-order valence-corrected chi connectivity index (χ2v) is 5.16. The predicted octanol–water partition coefficient (Wildman–Crippen LogP) is 3.68. The number of carbonyl (C=O) groups excluding carboxylic acids is 1. The first-order valence-electron chi connectivity index (χ1n) is 6.10. The lowest BCUT2D eigenvalue weighted by Crippen LogP contribution is -2.26. The van der Waals surface area contributed by atoms with Gasteiger partial charge in [-0.25, -0.2) is 4.98 Å². The van der Waals surface area contributed by atoms with Crippen LogP contribution in [0.2, 0.25) is 0 Å². The number of amides is 1. The van der Waals surface area contributed by atoms with Crippen LogP contribution in [-0.2, 0) is 6.42 Å². The summed E-state index contributed by atoms with van der Waals surface area (Å²) >= 11 is 3.30. The Morgan fingerprint density at radius 2 is 1.89 bits per heavy atom. The zero-order valence-electron chi connectivity index (χ0n) is 10.9. The third-order valence-corrected chi connectivity index (χ3v) is 3.45. The molecule has 0 bridgehead atoms. The summed E-state index contributed by atoms with van der Waals surface area (Å²) in [4.78, 5) is 18.0. The van der Waals surface area contributed by atoms with E-state index in [9.17, 15) is 4.79 Å². The highest BCUT2D eigenvalue weighted by Gasteiger charge is 2.14. The average Bonchev–Trinajstić information content (AvgIpc) is 2.46. The maximum absolute atomic E-state index is 12.3. The molecular weight excluding hydrogens is 304 g/mol. The van der Waals surface area contributed by atoms with Crippen molar-refractivity contribution in [3.05, 3.63) is 58.3 Å². The second kappa shape index (κ2) is 5.97. The lowest BCUT2D eigenvalue weighted by atomic mass is 10.1. The Bertz CT molecular complexity index is 564. The minimum atomic E-state index is -0.114. The first kappa shape index (κ1) is 13.7. The second-order valence-electron chi connectivity index (χ2n) is 4.25. The van der Waals surface area contributed by atoms with Gasteiger partial charge in [0.05, 0.1) is 0 Å². The number of hydrogen-bond donors (Lipinski definition) is 0. The topological polar surface area (TPSA) is 33.2 Å². The lowest BCUT2D eigenvalue weighted by Gasteiger charge is -2.17. The molecule has 0 fully saturated rings. The van der Waals surface area contributed by atoms with E-state index >= 15 is 0 Å². The van der Waals surface area contributed by atoms with Crippen molar-refractivity contribution in [3.8, 4) is 0 Å². The number of hydrogen-bond acceptors (Lipinski definition) is 2. The summed E-state index contributed by atoms with van der Waals surface area (Å²) < 4.78 is 0.860. The van der Waals surface area contributed by atoms with E-state index < -0.39 is 0 Å². The summed E-state index contributed by atoms with van der Waals surface area (Å²) in [6.45, 7) is 2.11. The fourth-order valence-electron chi connectivity index (χ4n) is 1.75. The highest BCUT2D eigenvalue weighted by Crippen LogP contribution is 2.17. The highest BCUT2D eigenvalue weighted by atomic mass is 79.9. The van der Waals surface area contributed by atoms with E-state index in [4.69, 9.17) is 0 Å². The zero-order valence-corrected chi connectivity index (χ0v) is 12.5. The molecule has 0 spiro atoms. The Hall–Kier alpha value is -1.68. The molecule has 19 heavy (non-hydrogen) atoms. The molecule has 0 aliphatic rings. The summed E-state index contributed by atoms with van der Waals surface area (Å²) in [5.41, 5.74) is 2.56. The van der Waals surface area contributed by atoms with Gasteiger partial charge >= 0.3 is 0 Å². The van der Waals surface area contributed by atoms with Crippen LogP contribution in [0.4, 0.5) is 5.69 Å². The maximum atomic E-state index is 12.3. The Balaban J connectivity index is 2.20. The Morgan fingerprint density at radius 1 is 1.21 bits per heavy atom. The van der Waals surface area contributed by atoms with Crippen molar-refractivity contribution in [1.29, 1.82) is 0 Å². The molecule has 0 unspecified atom stereocenters. The summed E-state index contributed by atoms with van der Waals surface area (Å²) in [6, 6.07) is 11.5. The standard InChI is InChI=1S/C15H15BrN2O/c1-3-11-4-7-13(8-5-11)18(2)15(19)14-9-6-12(16)10-17-14/h4-10H,3H2,1-2H3. The molecule has 0 saturated heterocycles. The molecule has 0 aliphatic heterocycles. The molecule has 1 aromatic carbocycles. The van der Waals surface area contributed by atoms with Crippen molar-refractivity contribution in [1.82, 2.24) is 4.98 Å². The summed E-state index contributed by atoms with van der Waals surface area (Å²) in [6.07, 6.45) is 2.62. The number of nitrogens with zero attached hydrogens (tertiary/aromatic N) is 2. The molecule has 2 rings (SSSR count). The van der Waals surface area contributed by atoms with E-state index in [1.807, 2.05) is 30.3 Å². The normalized spacial score (nSPS) is 10.3. The minimum absolute atomic E-state index is 0.114. The smallest absolute Gasteiger partial charge is 0.276 e. The fraction of sp³-hybridized carbons (Fsp3) is 0.200. The van der Waals surface area contributed by atoms with Crippen LogP contribution in [-0.4, -0.2) is 17.9 Å². The molecule has 1 amide bonds.